The van der Waals surface area contributed by atoms with E-state index < -0.39 is 11.7 Å². The Morgan fingerprint density at radius 1 is 1.08 bits per heavy atom. The van der Waals surface area contributed by atoms with Crippen LogP contribution >= 0.6 is 0 Å². The summed E-state index contributed by atoms with van der Waals surface area (Å²) < 4.78 is 35.8. The lowest BCUT2D eigenvalue weighted by Gasteiger charge is -2.04. The molecule has 12 heavy (non-hydrogen) atoms. The van der Waals surface area contributed by atoms with Gasteiger partial charge in [0.05, 0.1) is 11.3 Å². The minimum absolute atomic E-state index is 0.211. The van der Waals surface area contributed by atoms with E-state index in [9.17, 15) is 13.2 Å². The molecule has 1 aromatic rings. The van der Waals surface area contributed by atoms with Crippen LogP contribution in [-0.2, 0) is 6.18 Å². The van der Waals surface area contributed by atoms with Crippen molar-refractivity contribution in [2.45, 2.75) is 6.18 Å². The van der Waals surface area contributed by atoms with Gasteiger partial charge in [0, 0.05) is 0 Å². The van der Waals surface area contributed by atoms with Gasteiger partial charge in [0.2, 0.25) is 0 Å². The molecule has 0 aromatic heterocycles. The predicted molar refractivity (Wildman–Crippen MR) is 36.3 cm³/mol. The maximum absolute atomic E-state index is 11.9. The number of benzene rings is 1. The standard InChI is InChI=1S/C7H5F3N2/c8-7(9,10)5-1-3-6(12-11)4-2-5/h1-4,11H. The highest BCUT2D eigenvalue weighted by Crippen LogP contribution is 2.30. The van der Waals surface area contributed by atoms with Gasteiger partial charge >= 0.3 is 6.18 Å². The lowest BCUT2D eigenvalue weighted by atomic mass is 10.2. The first-order chi connectivity index (χ1) is 5.54. The van der Waals surface area contributed by atoms with Crippen LogP contribution in [0.1, 0.15) is 5.56 Å². The number of alkyl halides is 3. The van der Waals surface area contributed by atoms with Gasteiger partial charge in [0.1, 0.15) is 0 Å². The van der Waals surface area contributed by atoms with Gasteiger partial charge < -0.3 is 0 Å². The van der Waals surface area contributed by atoms with Gasteiger partial charge in [-0.05, 0) is 24.3 Å². The molecule has 5 heteroatoms. The molecule has 0 aliphatic rings. The highest BCUT2D eigenvalue weighted by Gasteiger charge is 2.29. The van der Waals surface area contributed by atoms with Crippen LogP contribution < -0.4 is 0 Å². The van der Waals surface area contributed by atoms with Crippen LogP contribution in [0.2, 0.25) is 0 Å². The van der Waals surface area contributed by atoms with Gasteiger partial charge in [-0.3, -0.25) is 0 Å². The van der Waals surface area contributed by atoms with Crippen molar-refractivity contribution in [2.75, 3.05) is 0 Å². The van der Waals surface area contributed by atoms with E-state index in [2.05, 4.69) is 5.11 Å². The third-order valence-electron chi connectivity index (χ3n) is 1.32. The zero-order valence-electron chi connectivity index (χ0n) is 5.89. The van der Waals surface area contributed by atoms with Gasteiger partial charge in [0.25, 0.3) is 0 Å². The van der Waals surface area contributed by atoms with E-state index >= 15 is 0 Å². The molecule has 0 fully saturated rings. The van der Waals surface area contributed by atoms with Gasteiger partial charge in [-0.1, -0.05) is 0 Å². The summed E-state index contributed by atoms with van der Waals surface area (Å²) >= 11 is 0. The van der Waals surface area contributed by atoms with Crippen LogP contribution in [0, 0.1) is 5.53 Å². The second-order valence-corrected chi connectivity index (χ2v) is 2.16. The van der Waals surface area contributed by atoms with Crippen molar-refractivity contribution in [3.8, 4) is 0 Å². The summed E-state index contributed by atoms with van der Waals surface area (Å²) in [5, 5.41) is 2.98. The first-order valence-corrected chi connectivity index (χ1v) is 3.09. The summed E-state index contributed by atoms with van der Waals surface area (Å²) in [6.07, 6.45) is -4.32. The molecule has 0 spiro atoms. The van der Waals surface area contributed by atoms with E-state index in [1.807, 2.05) is 0 Å². The first kappa shape index (κ1) is 8.70. The topological polar surface area (TPSA) is 36.2 Å². The molecule has 1 rings (SSSR count). The molecule has 1 aromatic carbocycles. The number of rotatable bonds is 1. The average molecular weight is 174 g/mol. The van der Waals surface area contributed by atoms with Crippen LogP contribution in [0.4, 0.5) is 18.9 Å². The van der Waals surface area contributed by atoms with E-state index in [1.54, 1.807) is 0 Å². The largest absolute Gasteiger partial charge is 0.416 e. The number of hydrogen-bond donors (Lipinski definition) is 1. The zero-order valence-corrected chi connectivity index (χ0v) is 5.89. The van der Waals surface area contributed by atoms with Crippen molar-refractivity contribution >= 4 is 5.69 Å². The molecular weight excluding hydrogens is 169 g/mol. The van der Waals surface area contributed by atoms with Crippen LogP contribution in [0.3, 0.4) is 0 Å². The summed E-state index contributed by atoms with van der Waals surface area (Å²) in [4.78, 5) is 0. The third-order valence-corrected chi connectivity index (χ3v) is 1.32. The lowest BCUT2D eigenvalue weighted by Crippen LogP contribution is -2.03. The van der Waals surface area contributed by atoms with Crippen molar-refractivity contribution in [1.82, 2.24) is 0 Å². The summed E-state index contributed by atoms with van der Waals surface area (Å²) in [5.41, 5.74) is 6.00. The average Bonchev–Trinajstić information content (AvgIpc) is 2.03. The lowest BCUT2D eigenvalue weighted by molar-refractivity contribution is -0.137. The maximum atomic E-state index is 11.9. The minimum Gasteiger partial charge on any atom is -0.204 e. The molecule has 0 saturated carbocycles. The molecule has 2 nitrogen and oxygen atoms in total. The Balaban J connectivity index is 3.00. The van der Waals surface area contributed by atoms with E-state index in [1.165, 1.54) is 0 Å². The van der Waals surface area contributed by atoms with Crippen LogP contribution in [0.25, 0.3) is 0 Å². The van der Waals surface area contributed by atoms with Crippen molar-refractivity contribution in [2.24, 2.45) is 5.11 Å². The second kappa shape index (κ2) is 2.92. The number of nitrogens with one attached hydrogen (secondary N) is 1. The molecule has 0 atom stereocenters. The fraction of sp³-hybridized carbons (Fsp3) is 0.143. The Labute approximate surface area is 66.5 Å². The Kier molecular flexibility index (Phi) is 2.12. The Hall–Kier alpha value is -1.39. The summed E-state index contributed by atoms with van der Waals surface area (Å²) in [5.74, 6) is 0. The number of halogens is 3. The molecule has 0 heterocycles. The molecule has 0 saturated heterocycles. The normalized spacial score (nSPS) is 11.2. The van der Waals surface area contributed by atoms with Gasteiger partial charge in [-0.25, -0.2) is 5.53 Å². The summed E-state index contributed by atoms with van der Waals surface area (Å²) in [6.45, 7) is 0. The van der Waals surface area contributed by atoms with Crippen LogP contribution in [0.5, 0.6) is 0 Å². The van der Waals surface area contributed by atoms with Crippen LogP contribution in [-0.4, -0.2) is 0 Å². The molecule has 64 valence electrons. The maximum Gasteiger partial charge on any atom is 0.416 e. The number of nitrogens with zero attached hydrogens (tertiary/aromatic N) is 1. The monoisotopic (exact) mass is 174 g/mol. The Bertz CT molecular complexity index is 276. The van der Waals surface area contributed by atoms with Crippen molar-refractivity contribution in [3.63, 3.8) is 0 Å². The quantitative estimate of drug-likeness (QED) is 0.633. The smallest absolute Gasteiger partial charge is 0.204 e. The second-order valence-electron chi connectivity index (χ2n) is 2.16. The van der Waals surface area contributed by atoms with Crippen molar-refractivity contribution in [1.29, 1.82) is 5.53 Å². The molecule has 0 bridgehead atoms. The molecule has 0 amide bonds. The SMILES string of the molecule is N=Nc1ccc(C(F)(F)F)cc1. The van der Waals surface area contributed by atoms with Crippen molar-refractivity contribution in [3.05, 3.63) is 29.8 Å². The summed E-state index contributed by atoms with van der Waals surface area (Å²) in [7, 11) is 0. The molecule has 0 unspecified atom stereocenters. The summed E-state index contributed by atoms with van der Waals surface area (Å²) in [6, 6.07) is 4.09. The molecule has 0 aliphatic heterocycles. The van der Waals surface area contributed by atoms with E-state index in [0.29, 0.717) is 0 Å². The first-order valence-electron chi connectivity index (χ1n) is 3.09. The van der Waals surface area contributed by atoms with Crippen LogP contribution in [0.15, 0.2) is 29.4 Å². The van der Waals surface area contributed by atoms with Gasteiger partial charge in [-0.15, -0.1) is 0 Å². The minimum atomic E-state index is -4.32. The highest BCUT2D eigenvalue weighted by molar-refractivity contribution is 5.38. The van der Waals surface area contributed by atoms with Gasteiger partial charge in [0.15, 0.2) is 0 Å². The Morgan fingerprint density at radius 2 is 1.58 bits per heavy atom. The third kappa shape index (κ3) is 1.81. The number of hydrogen-bond acceptors (Lipinski definition) is 2. The zero-order chi connectivity index (χ0) is 9.19. The molecule has 0 radical (unpaired) electrons. The fourth-order valence-corrected chi connectivity index (χ4v) is 0.725. The predicted octanol–water partition coefficient (Wildman–Crippen LogP) is 3.37. The molecular formula is C7H5F3N2. The molecule has 1 N–H and O–H groups in total. The van der Waals surface area contributed by atoms with Gasteiger partial charge in [-0.2, -0.15) is 18.3 Å². The fourth-order valence-electron chi connectivity index (χ4n) is 0.725. The highest BCUT2D eigenvalue weighted by atomic mass is 19.4. The van der Waals surface area contributed by atoms with E-state index in [0.717, 1.165) is 24.3 Å². The van der Waals surface area contributed by atoms with E-state index in [4.69, 9.17) is 5.53 Å². The molecule has 0 aliphatic carbocycles. The van der Waals surface area contributed by atoms with E-state index in [-0.39, 0.29) is 5.69 Å². The Morgan fingerprint density at radius 3 is 1.92 bits per heavy atom. The van der Waals surface area contributed by atoms with Crippen molar-refractivity contribution < 1.29 is 13.2 Å².